The Morgan fingerprint density at radius 1 is 1.57 bits per heavy atom. The molecule has 14 heavy (non-hydrogen) atoms. The van der Waals surface area contributed by atoms with Gasteiger partial charge in [0.1, 0.15) is 0 Å². The predicted octanol–water partition coefficient (Wildman–Crippen LogP) is 2.93. The lowest BCUT2D eigenvalue weighted by Gasteiger charge is -2.14. The second-order valence-electron chi connectivity index (χ2n) is 3.26. The van der Waals surface area contributed by atoms with E-state index in [-0.39, 0.29) is 6.04 Å². The Hall–Kier alpha value is -0.970. The highest BCUT2D eigenvalue weighted by Gasteiger charge is 2.08. The first-order chi connectivity index (χ1) is 6.69. The summed E-state index contributed by atoms with van der Waals surface area (Å²) in [6.07, 6.45) is 5.99. The number of terminal acetylenes is 1. The molecular formula is C12H14ClN. The van der Waals surface area contributed by atoms with E-state index in [0.29, 0.717) is 6.42 Å². The van der Waals surface area contributed by atoms with E-state index in [0.717, 1.165) is 10.6 Å². The number of halogens is 1. The second-order valence-corrected chi connectivity index (χ2v) is 3.67. The van der Waals surface area contributed by atoms with Gasteiger partial charge in [-0.1, -0.05) is 23.7 Å². The van der Waals surface area contributed by atoms with Gasteiger partial charge in [0.2, 0.25) is 0 Å². The fraction of sp³-hybridized carbons (Fsp3) is 0.333. The van der Waals surface area contributed by atoms with Gasteiger partial charge in [-0.15, -0.1) is 12.3 Å². The Labute approximate surface area is 90.5 Å². The van der Waals surface area contributed by atoms with E-state index in [1.807, 2.05) is 26.1 Å². The van der Waals surface area contributed by atoms with Crippen LogP contribution < -0.4 is 5.32 Å². The van der Waals surface area contributed by atoms with E-state index in [1.54, 1.807) is 0 Å². The molecule has 74 valence electrons. The highest BCUT2D eigenvalue weighted by molar-refractivity contribution is 6.31. The number of rotatable bonds is 3. The molecule has 0 aliphatic heterocycles. The van der Waals surface area contributed by atoms with Gasteiger partial charge in [-0.25, -0.2) is 0 Å². The SMILES string of the molecule is C#CCC(NC)c1ccc(Cl)c(C)c1. The quantitative estimate of drug-likeness (QED) is 0.752. The minimum atomic E-state index is 0.218. The van der Waals surface area contributed by atoms with Crippen LogP contribution in [0.4, 0.5) is 0 Å². The molecule has 0 aliphatic rings. The fourth-order valence-corrected chi connectivity index (χ4v) is 1.51. The van der Waals surface area contributed by atoms with Crippen molar-refractivity contribution in [3.63, 3.8) is 0 Å². The molecule has 0 fully saturated rings. The highest BCUT2D eigenvalue weighted by atomic mass is 35.5. The summed E-state index contributed by atoms with van der Waals surface area (Å²) in [7, 11) is 1.91. The standard InChI is InChI=1S/C12H14ClN/c1-4-5-12(14-3)10-6-7-11(13)9(2)8-10/h1,6-8,12,14H,5H2,2-3H3. The first kappa shape index (κ1) is 11.1. The van der Waals surface area contributed by atoms with Crippen molar-refractivity contribution < 1.29 is 0 Å². The lowest BCUT2D eigenvalue weighted by molar-refractivity contribution is 0.611. The van der Waals surface area contributed by atoms with Crippen molar-refractivity contribution in [1.82, 2.24) is 5.32 Å². The minimum absolute atomic E-state index is 0.218. The zero-order valence-electron chi connectivity index (χ0n) is 8.47. The Morgan fingerprint density at radius 2 is 2.29 bits per heavy atom. The Balaban J connectivity index is 2.95. The van der Waals surface area contributed by atoms with Crippen LogP contribution >= 0.6 is 11.6 Å². The largest absolute Gasteiger partial charge is 0.312 e. The molecule has 0 aromatic heterocycles. The Bertz CT molecular complexity index is 352. The molecule has 0 heterocycles. The lowest BCUT2D eigenvalue weighted by atomic mass is 10.0. The molecule has 1 aromatic carbocycles. The van der Waals surface area contributed by atoms with Gasteiger partial charge in [-0.2, -0.15) is 0 Å². The van der Waals surface area contributed by atoms with Crippen LogP contribution in [0.5, 0.6) is 0 Å². The van der Waals surface area contributed by atoms with E-state index in [4.69, 9.17) is 18.0 Å². The molecule has 0 bridgehead atoms. The summed E-state index contributed by atoms with van der Waals surface area (Å²) in [5.41, 5.74) is 2.27. The minimum Gasteiger partial charge on any atom is -0.312 e. The van der Waals surface area contributed by atoms with Gasteiger partial charge in [0.15, 0.2) is 0 Å². The molecule has 1 aromatic rings. The zero-order chi connectivity index (χ0) is 10.6. The van der Waals surface area contributed by atoms with Crippen LogP contribution in [-0.2, 0) is 0 Å². The van der Waals surface area contributed by atoms with Crippen molar-refractivity contribution in [2.45, 2.75) is 19.4 Å². The molecule has 0 saturated carbocycles. The van der Waals surface area contributed by atoms with Crippen LogP contribution in [0.3, 0.4) is 0 Å². The van der Waals surface area contributed by atoms with Gasteiger partial charge >= 0.3 is 0 Å². The van der Waals surface area contributed by atoms with E-state index in [1.165, 1.54) is 5.56 Å². The monoisotopic (exact) mass is 207 g/mol. The van der Waals surface area contributed by atoms with Crippen molar-refractivity contribution in [2.24, 2.45) is 0 Å². The molecule has 0 aliphatic carbocycles. The van der Waals surface area contributed by atoms with E-state index < -0.39 is 0 Å². The first-order valence-electron chi connectivity index (χ1n) is 4.55. The molecule has 0 amide bonds. The lowest BCUT2D eigenvalue weighted by Crippen LogP contribution is -2.15. The molecule has 1 rings (SSSR count). The van der Waals surface area contributed by atoms with Crippen LogP contribution in [0.1, 0.15) is 23.6 Å². The normalized spacial score (nSPS) is 12.1. The number of aryl methyl sites for hydroxylation is 1. The maximum Gasteiger partial charge on any atom is 0.0435 e. The molecular weight excluding hydrogens is 194 g/mol. The predicted molar refractivity (Wildman–Crippen MR) is 61.4 cm³/mol. The number of hydrogen-bond donors (Lipinski definition) is 1. The number of hydrogen-bond acceptors (Lipinski definition) is 1. The van der Waals surface area contributed by atoms with Crippen LogP contribution in [-0.4, -0.2) is 7.05 Å². The third-order valence-corrected chi connectivity index (χ3v) is 2.68. The molecule has 1 atom stereocenters. The van der Waals surface area contributed by atoms with Crippen LogP contribution in [0, 0.1) is 19.3 Å². The van der Waals surface area contributed by atoms with Gasteiger partial charge in [0, 0.05) is 17.5 Å². The molecule has 1 nitrogen and oxygen atoms in total. The molecule has 0 spiro atoms. The van der Waals surface area contributed by atoms with Gasteiger partial charge in [0.05, 0.1) is 0 Å². The van der Waals surface area contributed by atoms with E-state index in [9.17, 15) is 0 Å². The third-order valence-electron chi connectivity index (χ3n) is 2.25. The van der Waals surface area contributed by atoms with Crippen molar-refractivity contribution in [3.8, 4) is 12.3 Å². The van der Waals surface area contributed by atoms with Crippen LogP contribution in [0.2, 0.25) is 5.02 Å². The molecule has 0 radical (unpaired) electrons. The second kappa shape index (κ2) is 5.05. The van der Waals surface area contributed by atoms with Gasteiger partial charge < -0.3 is 5.32 Å². The van der Waals surface area contributed by atoms with Crippen LogP contribution in [0.25, 0.3) is 0 Å². The topological polar surface area (TPSA) is 12.0 Å². The van der Waals surface area contributed by atoms with Crippen molar-refractivity contribution in [1.29, 1.82) is 0 Å². The summed E-state index contributed by atoms with van der Waals surface area (Å²) in [6.45, 7) is 1.99. The van der Waals surface area contributed by atoms with Gasteiger partial charge in [-0.3, -0.25) is 0 Å². The number of nitrogens with one attached hydrogen (secondary N) is 1. The fourth-order valence-electron chi connectivity index (χ4n) is 1.39. The average molecular weight is 208 g/mol. The maximum absolute atomic E-state index is 5.94. The summed E-state index contributed by atoms with van der Waals surface area (Å²) in [5, 5.41) is 3.98. The molecule has 0 saturated heterocycles. The summed E-state index contributed by atoms with van der Waals surface area (Å²) < 4.78 is 0. The maximum atomic E-state index is 5.94. The van der Waals surface area contributed by atoms with Crippen LogP contribution in [0.15, 0.2) is 18.2 Å². The molecule has 2 heteroatoms. The van der Waals surface area contributed by atoms with E-state index >= 15 is 0 Å². The first-order valence-corrected chi connectivity index (χ1v) is 4.93. The Kier molecular flexibility index (Phi) is 4.00. The summed E-state index contributed by atoms with van der Waals surface area (Å²) >= 11 is 5.94. The highest BCUT2D eigenvalue weighted by Crippen LogP contribution is 2.22. The summed E-state index contributed by atoms with van der Waals surface area (Å²) in [5.74, 6) is 2.66. The smallest absolute Gasteiger partial charge is 0.0435 e. The van der Waals surface area contributed by atoms with Crippen molar-refractivity contribution >= 4 is 11.6 Å². The summed E-state index contributed by atoms with van der Waals surface area (Å²) in [4.78, 5) is 0. The number of benzene rings is 1. The molecule has 1 unspecified atom stereocenters. The average Bonchev–Trinajstić information content (AvgIpc) is 2.19. The Morgan fingerprint density at radius 3 is 2.79 bits per heavy atom. The summed E-state index contributed by atoms with van der Waals surface area (Å²) in [6, 6.07) is 6.21. The van der Waals surface area contributed by atoms with E-state index in [2.05, 4.69) is 17.3 Å². The molecule has 1 N–H and O–H groups in total. The third kappa shape index (κ3) is 2.51. The van der Waals surface area contributed by atoms with Crippen molar-refractivity contribution in [3.05, 3.63) is 34.3 Å². The zero-order valence-corrected chi connectivity index (χ0v) is 9.23. The van der Waals surface area contributed by atoms with Gasteiger partial charge in [-0.05, 0) is 31.2 Å². The van der Waals surface area contributed by atoms with Gasteiger partial charge in [0.25, 0.3) is 0 Å². The van der Waals surface area contributed by atoms with Crippen molar-refractivity contribution in [2.75, 3.05) is 7.05 Å².